The van der Waals surface area contributed by atoms with Gasteiger partial charge in [0.25, 0.3) is 0 Å². The first kappa shape index (κ1) is 13.4. The molecule has 0 radical (unpaired) electrons. The van der Waals surface area contributed by atoms with Crippen molar-refractivity contribution < 1.29 is 14.3 Å². The number of ether oxygens (including phenoxy) is 1. The minimum absolute atomic E-state index is 0.00283. The van der Waals surface area contributed by atoms with Gasteiger partial charge in [-0.1, -0.05) is 30.3 Å². The molecule has 0 bridgehead atoms. The number of amides is 2. The molecule has 2 aliphatic heterocycles. The third-order valence-electron chi connectivity index (χ3n) is 4.50. The van der Waals surface area contributed by atoms with E-state index in [1.54, 1.807) is 4.90 Å². The summed E-state index contributed by atoms with van der Waals surface area (Å²) in [5, 5.41) is 2.98. The van der Waals surface area contributed by atoms with E-state index in [1.807, 2.05) is 30.3 Å². The van der Waals surface area contributed by atoms with Gasteiger partial charge in [-0.25, -0.2) is 4.79 Å². The predicted octanol–water partition coefficient (Wildman–Crippen LogP) is 2.19. The number of likely N-dealkylation sites (tertiary alicyclic amines) is 1. The lowest BCUT2D eigenvalue weighted by Gasteiger charge is -2.18. The summed E-state index contributed by atoms with van der Waals surface area (Å²) >= 11 is 0. The van der Waals surface area contributed by atoms with Crippen LogP contribution in [-0.4, -0.2) is 29.5 Å². The van der Waals surface area contributed by atoms with E-state index >= 15 is 0 Å². The normalized spacial score (nSPS) is 23.5. The summed E-state index contributed by atoms with van der Waals surface area (Å²) < 4.78 is 5.42. The fraction of sp³-hybridized carbons (Fsp3) is 0.412. The minimum atomic E-state index is -0.351. The monoisotopic (exact) mass is 298 g/mol. The Kier molecular flexibility index (Phi) is 3.13. The molecule has 1 atom stereocenters. The van der Waals surface area contributed by atoms with Gasteiger partial charge in [0, 0.05) is 12.1 Å². The first-order chi connectivity index (χ1) is 10.7. The molecule has 1 aliphatic carbocycles. The molecule has 3 aliphatic rings. The summed E-state index contributed by atoms with van der Waals surface area (Å²) in [6.45, 7) is 0.873. The highest BCUT2D eigenvalue weighted by Gasteiger charge is 2.46. The zero-order chi connectivity index (χ0) is 15.1. The molecule has 1 saturated heterocycles. The van der Waals surface area contributed by atoms with E-state index in [2.05, 4.69) is 5.32 Å². The number of fused-ring (bicyclic) bond motifs is 1. The molecule has 0 unspecified atom stereocenters. The van der Waals surface area contributed by atoms with Crippen LogP contribution in [0.25, 0.3) is 0 Å². The maximum absolute atomic E-state index is 12.4. The van der Waals surface area contributed by atoms with E-state index < -0.39 is 0 Å². The maximum Gasteiger partial charge on any atom is 0.414 e. The van der Waals surface area contributed by atoms with Gasteiger partial charge in [0.2, 0.25) is 5.91 Å². The molecule has 0 spiro atoms. The maximum atomic E-state index is 12.4. The van der Waals surface area contributed by atoms with Gasteiger partial charge >= 0.3 is 6.09 Å². The van der Waals surface area contributed by atoms with Crippen LogP contribution in [0.4, 0.5) is 4.79 Å². The van der Waals surface area contributed by atoms with Crippen molar-refractivity contribution >= 4 is 12.0 Å². The highest BCUT2D eigenvalue weighted by Crippen LogP contribution is 2.44. The van der Waals surface area contributed by atoms with Crippen molar-refractivity contribution in [1.29, 1.82) is 0 Å². The minimum Gasteiger partial charge on any atom is -0.444 e. The van der Waals surface area contributed by atoms with Gasteiger partial charge in [-0.15, -0.1) is 0 Å². The zero-order valence-corrected chi connectivity index (χ0v) is 12.2. The number of hydrogen-bond acceptors (Lipinski definition) is 3. The predicted molar refractivity (Wildman–Crippen MR) is 79.6 cm³/mol. The molecule has 2 amide bonds. The summed E-state index contributed by atoms with van der Waals surface area (Å²) in [5.74, 6) is 0.339. The molecule has 1 aromatic rings. The van der Waals surface area contributed by atoms with Crippen molar-refractivity contribution in [2.24, 2.45) is 5.92 Å². The average molecular weight is 298 g/mol. The van der Waals surface area contributed by atoms with Gasteiger partial charge < -0.3 is 10.1 Å². The van der Waals surface area contributed by atoms with Gasteiger partial charge in [0.15, 0.2) is 0 Å². The highest BCUT2D eigenvalue weighted by atomic mass is 16.6. The van der Waals surface area contributed by atoms with Crippen molar-refractivity contribution in [3.8, 4) is 0 Å². The highest BCUT2D eigenvalue weighted by molar-refractivity contribution is 5.99. The van der Waals surface area contributed by atoms with Crippen LogP contribution >= 0.6 is 0 Å². The number of nitrogens with one attached hydrogen (secondary N) is 1. The van der Waals surface area contributed by atoms with Crippen LogP contribution in [0.15, 0.2) is 41.6 Å². The Morgan fingerprint density at radius 3 is 2.73 bits per heavy atom. The summed E-state index contributed by atoms with van der Waals surface area (Å²) in [4.78, 5) is 26.1. The van der Waals surface area contributed by atoms with Crippen molar-refractivity contribution in [2.75, 3.05) is 6.54 Å². The summed E-state index contributed by atoms with van der Waals surface area (Å²) in [6, 6.07) is 9.61. The van der Waals surface area contributed by atoms with Crippen molar-refractivity contribution in [3.05, 3.63) is 47.2 Å². The van der Waals surface area contributed by atoms with E-state index in [9.17, 15) is 9.59 Å². The van der Waals surface area contributed by atoms with Gasteiger partial charge in [-0.2, -0.15) is 0 Å². The second-order valence-electron chi connectivity index (χ2n) is 6.08. The molecule has 5 nitrogen and oxygen atoms in total. The number of benzene rings is 1. The Labute approximate surface area is 128 Å². The molecule has 5 heteroatoms. The molecule has 1 aromatic carbocycles. The first-order valence-electron chi connectivity index (χ1n) is 7.77. The van der Waals surface area contributed by atoms with Gasteiger partial charge in [0.1, 0.15) is 6.61 Å². The van der Waals surface area contributed by atoms with Crippen LogP contribution in [0.2, 0.25) is 0 Å². The van der Waals surface area contributed by atoms with Crippen LogP contribution in [0.1, 0.15) is 24.8 Å². The molecular weight excluding hydrogens is 280 g/mol. The van der Waals surface area contributed by atoms with Gasteiger partial charge in [-0.05, 0) is 30.7 Å². The smallest absolute Gasteiger partial charge is 0.414 e. The van der Waals surface area contributed by atoms with E-state index in [4.69, 9.17) is 4.74 Å². The van der Waals surface area contributed by atoms with Crippen LogP contribution in [-0.2, 0) is 16.1 Å². The standard InChI is InChI=1S/C17H18N2O3/c20-16-14(12-6-7-12)15-13(18-16)8-9-19(15)17(21)22-10-11-4-2-1-3-5-11/h1-5,12-13H,6-10H2,(H,18,20)/t13-/m0/s1. The molecule has 1 saturated carbocycles. The Hall–Kier alpha value is -2.30. The first-order valence-corrected chi connectivity index (χ1v) is 7.77. The summed E-state index contributed by atoms with van der Waals surface area (Å²) in [6.07, 6.45) is 2.52. The van der Waals surface area contributed by atoms with Crippen molar-refractivity contribution in [2.45, 2.75) is 31.9 Å². The van der Waals surface area contributed by atoms with Gasteiger partial charge in [0.05, 0.1) is 11.7 Å². The van der Waals surface area contributed by atoms with Gasteiger partial charge in [-0.3, -0.25) is 9.69 Å². The number of carbonyl (C=O) groups is 2. The number of rotatable bonds is 3. The third-order valence-corrected chi connectivity index (χ3v) is 4.50. The third kappa shape index (κ3) is 2.26. The van der Waals surface area contributed by atoms with Crippen LogP contribution in [0.5, 0.6) is 0 Å². The lowest BCUT2D eigenvalue weighted by atomic mass is 10.1. The summed E-state index contributed by atoms with van der Waals surface area (Å²) in [5.41, 5.74) is 2.65. The second-order valence-corrected chi connectivity index (χ2v) is 6.08. The molecule has 22 heavy (non-hydrogen) atoms. The fourth-order valence-corrected chi connectivity index (χ4v) is 3.28. The molecule has 1 N–H and O–H groups in total. The lowest BCUT2D eigenvalue weighted by molar-refractivity contribution is -0.117. The second kappa shape index (κ2) is 5.16. The molecule has 114 valence electrons. The molecule has 0 aromatic heterocycles. The topological polar surface area (TPSA) is 58.6 Å². The number of hydrogen-bond donors (Lipinski definition) is 1. The Bertz CT molecular complexity index is 649. The fourth-order valence-electron chi connectivity index (χ4n) is 3.28. The Balaban J connectivity index is 1.50. The van der Waals surface area contributed by atoms with Crippen LogP contribution in [0, 0.1) is 5.92 Å². The number of nitrogens with zero attached hydrogens (tertiary/aromatic N) is 1. The van der Waals surface area contributed by atoms with E-state index in [0.29, 0.717) is 12.5 Å². The Morgan fingerprint density at radius 1 is 1.23 bits per heavy atom. The molecule has 2 fully saturated rings. The SMILES string of the molecule is O=C1N[C@H]2CCN(C(=O)OCc3ccccc3)C2=C1C1CC1. The largest absolute Gasteiger partial charge is 0.444 e. The summed E-state index contributed by atoms with van der Waals surface area (Å²) in [7, 11) is 0. The van der Waals surface area contributed by atoms with E-state index in [1.165, 1.54) is 0 Å². The Morgan fingerprint density at radius 2 is 2.00 bits per heavy atom. The molecular formula is C17H18N2O3. The van der Waals surface area contributed by atoms with Crippen molar-refractivity contribution in [1.82, 2.24) is 10.2 Å². The average Bonchev–Trinajstić information content (AvgIpc) is 3.20. The van der Waals surface area contributed by atoms with Crippen molar-refractivity contribution in [3.63, 3.8) is 0 Å². The quantitative estimate of drug-likeness (QED) is 0.930. The van der Waals surface area contributed by atoms with E-state index in [0.717, 1.165) is 36.1 Å². The number of carbonyl (C=O) groups excluding carboxylic acids is 2. The molecule has 4 rings (SSSR count). The van der Waals surface area contributed by atoms with Crippen LogP contribution < -0.4 is 5.32 Å². The van der Waals surface area contributed by atoms with Crippen LogP contribution in [0.3, 0.4) is 0 Å². The zero-order valence-electron chi connectivity index (χ0n) is 12.2. The molecule has 2 heterocycles. The van der Waals surface area contributed by atoms with E-state index in [-0.39, 0.29) is 24.6 Å². The lowest BCUT2D eigenvalue weighted by Crippen LogP contribution is -2.29.